The Morgan fingerprint density at radius 2 is 1.75 bits per heavy atom. The molecule has 1 N–H and O–H groups in total. The summed E-state index contributed by atoms with van der Waals surface area (Å²) in [5.41, 5.74) is 0.857. The van der Waals surface area contributed by atoms with Gasteiger partial charge in [0.2, 0.25) is 0 Å². The van der Waals surface area contributed by atoms with Crippen LogP contribution in [0.2, 0.25) is 0 Å². The topological polar surface area (TPSA) is 20.2 Å². The minimum absolute atomic E-state index is 0.573. The van der Waals surface area contributed by atoms with E-state index in [9.17, 15) is 5.11 Å². The molecule has 0 aromatic heterocycles. The quantitative estimate of drug-likeness (QED) is 0.671. The molecular weight excluding hydrogens is 196 g/mol. The minimum Gasteiger partial charge on any atom is -0.384 e. The van der Waals surface area contributed by atoms with E-state index in [1.165, 1.54) is 0 Å². The first-order valence-electron chi connectivity index (χ1n) is 5.35. The molecule has 0 bridgehead atoms. The lowest BCUT2D eigenvalue weighted by molar-refractivity contribution is 0.263. The largest absolute Gasteiger partial charge is 0.384 e. The van der Waals surface area contributed by atoms with Gasteiger partial charge in [-0.2, -0.15) is 0 Å². The van der Waals surface area contributed by atoms with E-state index in [-0.39, 0.29) is 0 Å². The molecule has 0 radical (unpaired) electrons. The third-order valence-corrected chi connectivity index (χ3v) is 1.92. The third kappa shape index (κ3) is 6.80. The Labute approximate surface area is 98.5 Å². The van der Waals surface area contributed by atoms with Crippen LogP contribution in [-0.2, 0) is 0 Å². The van der Waals surface area contributed by atoms with Crippen molar-refractivity contribution in [2.24, 2.45) is 0 Å². The summed E-state index contributed by atoms with van der Waals surface area (Å²) in [6.45, 7) is 7.45. The molecule has 0 heterocycles. The Morgan fingerprint density at radius 1 is 1.06 bits per heavy atom. The Morgan fingerprint density at radius 3 is 2.31 bits per heavy atom. The molecule has 0 saturated carbocycles. The smallest absolute Gasteiger partial charge is 0.0971 e. The molecule has 0 aliphatic carbocycles. The predicted molar refractivity (Wildman–Crippen MR) is 72.2 cm³/mol. The zero-order chi connectivity index (χ0) is 12.2. The maximum absolute atomic E-state index is 9.80. The van der Waals surface area contributed by atoms with Crippen LogP contribution in [0, 0.1) is 0 Å². The molecule has 0 aromatic rings. The molecule has 0 rings (SSSR count). The first-order chi connectivity index (χ1) is 7.76. The van der Waals surface area contributed by atoms with Crippen molar-refractivity contribution in [1.82, 2.24) is 0 Å². The van der Waals surface area contributed by atoms with Gasteiger partial charge in [0.25, 0.3) is 0 Å². The summed E-state index contributed by atoms with van der Waals surface area (Å²) in [6, 6.07) is 0. The summed E-state index contributed by atoms with van der Waals surface area (Å²) >= 11 is 0. The standard InChI is InChI=1S/C15H20O/c1-4-7-9-10-11-13-15(16)14(6-3)12-8-5-2/h4-13,15-16H,2H2,1,3H3/b7-4-,10-9-,12-8-,13-11+,14-6+/t15-/m1/s1. The first-order valence-corrected chi connectivity index (χ1v) is 5.35. The highest BCUT2D eigenvalue weighted by Gasteiger charge is 2.00. The molecule has 86 valence electrons. The van der Waals surface area contributed by atoms with Crippen molar-refractivity contribution in [3.63, 3.8) is 0 Å². The van der Waals surface area contributed by atoms with Gasteiger partial charge in [0.1, 0.15) is 0 Å². The molecule has 16 heavy (non-hydrogen) atoms. The van der Waals surface area contributed by atoms with Crippen LogP contribution in [0.4, 0.5) is 0 Å². The zero-order valence-corrected chi connectivity index (χ0v) is 10.0. The van der Waals surface area contributed by atoms with Crippen molar-refractivity contribution in [3.05, 3.63) is 72.9 Å². The summed E-state index contributed by atoms with van der Waals surface area (Å²) in [7, 11) is 0. The van der Waals surface area contributed by atoms with Gasteiger partial charge in [0.15, 0.2) is 0 Å². The van der Waals surface area contributed by atoms with Crippen LogP contribution in [-0.4, -0.2) is 11.2 Å². The minimum atomic E-state index is -0.573. The molecule has 1 heteroatoms. The number of hydrogen-bond donors (Lipinski definition) is 1. The van der Waals surface area contributed by atoms with E-state index in [0.717, 1.165) is 5.57 Å². The lowest BCUT2D eigenvalue weighted by Gasteiger charge is -2.05. The maximum atomic E-state index is 9.80. The molecule has 0 saturated heterocycles. The average molecular weight is 216 g/mol. The number of hydrogen-bond acceptors (Lipinski definition) is 1. The Balaban J connectivity index is 4.37. The highest BCUT2D eigenvalue weighted by atomic mass is 16.3. The van der Waals surface area contributed by atoms with Gasteiger partial charge in [0, 0.05) is 0 Å². The van der Waals surface area contributed by atoms with Crippen LogP contribution >= 0.6 is 0 Å². The van der Waals surface area contributed by atoms with E-state index in [0.29, 0.717) is 0 Å². The molecule has 1 atom stereocenters. The van der Waals surface area contributed by atoms with E-state index in [2.05, 4.69) is 6.58 Å². The van der Waals surface area contributed by atoms with E-state index < -0.39 is 6.10 Å². The van der Waals surface area contributed by atoms with E-state index in [1.54, 1.807) is 12.2 Å². The van der Waals surface area contributed by atoms with Crippen LogP contribution in [0.25, 0.3) is 0 Å². The lowest BCUT2D eigenvalue weighted by Crippen LogP contribution is -2.03. The molecule has 0 fully saturated rings. The fraction of sp³-hybridized carbons (Fsp3) is 0.200. The number of allylic oxidation sites excluding steroid dienone is 8. The molecule has 1 nitrogen and oxygen atoms in total. The van der Waals surface area contributed by atoms with Crippen molar-refractivity contribution in [2.75, 3.05) is 0 Å². The van der Waals surface area contributed by atoms with Crippen molar-refractivity contribution in [3.8, 4) is 0 Å². The number of rotatable bonds is 6. The molecule has 0 spiro atoms. The molecular formula is C15H20O. The van der Waals surface area contributed by atoms with Gasteiger partial charge >= 0.3 is 0 Å². The SMILES string of the molecule is C=C/C=C\C(=C/C)[C@H](O)/C=C/C=C\C=C/C. The zero-order valence-electron chi connectivity index (χ0n) is 10.0. The average Bonchev–Trinajstić information content (AvgIpc) is 2.30. The highest BCUT2D eigenvalue weighted by Crippen LogP contribution is 2.06. The summed E-state index contributed by atoms with van der Waals surface area (Å²) in [6.07, 6.45) is 17.9. The lowest BCUT2D eigenvalue weighted by atomic mass is 10.1. The van der Waals surface area contributed by atoms with Crippen molar-refractivity contribution in [2.45, 2.75) is 20.0 Å². The molecule has 0 amide bonds. The van der Waals surface area contributed by atoms with Gasteiger partial charge in [0.05, 0.1) is 6.10 Å². The van der Waals surface area contributed by atoms with Crippen molar-refractivity contribution in [1.29, 1.82) is 0 Å². The van der Waals surface area contributed by atoms with Crippen molar-refractivity contribution >= 4 is 0 Å². The summed E-state index contributed by atoms with van der Waals surface area (Å²) in [4.78, 5) is 0. The van der Waals surface area contributed by atoms with Crippen LogP contribution in [0.3, 0.4) is 0 Å². The molecule has 0 aromatic carbocycles. The van der Waals surface area contributed by atoms with Gasteiger partial charge in [-0.1, -0.05) is 67.3 Å². The first kappa shape index (κ1) is 14.4. The second-order valence-corrected chi connectivity index (χ2v) is 3.12. The van der Waals surface area contributed by atoms with E-state index in [4.69, 9.17) is 0 Å². The van der Waals surface area contributed by atoms with Gasteiger partial charge in [-0.15, -0.1) is 0 Å². The van der Waals surface area contributed by atoms with Crippen LogP contribution in [0.1, 0.15) is 13.8 Å². The van der Waals surface area contributed by atoms with Crippen molar-refractivity contribution < 1.29 is 5.11 Å². The highest BCUT2D eigenvalue weighted by molar-refractivity contribution is 5.29. The van der Waals surface area contributed by atoms with Gasteiger partial charge < -0.3 is 5.11 Å². The molecule has 0 aliphatic heterocycles. The predicted octanol–water partition coefficient (Wildman–Crippen LogP) is 3.72. The van der Waals surface area contributed by atoms with Gasteiger partial charge in [-0.25, -0.2) is 0 Å². The van der Waals surface area contributed by atoms with Gasteiger partial charge in [-0.3, -0.25) is 0 Å². The van der Waals surface area contributed by atoms with Crippen LogP contribution in [0.15, 0.2) is 72.9 Å². The normalized spacial score (nSPS) is 15.8. The Hall–Kier alpha value is -1.60. The summed E-state index contributed by atoms with van der Waals surface area (Å²) in [5.74, 6) is 0. The summed E-state index contributed by atoms with van der Waals surface area (Å²) in [5, 5.41) is 9.80. The fourth-order valence-electron chi connectivity index (χ4n) is 1.06. The Bertz CT molecular complexity index is 327. The third-order valence-electron chi connectivity index (χ3n) is 1.92. The summed E-state index contributed by atoms with van der Waals surface area (Å²) < 4.78 is 0. The molecule has 0 unspecified atom stereocenters. The van der Waals surface area contributed by atoms with E-state index in [1.807, 2.05) is 62.5 Å². The van der Waals surface area contributed by atoms with Crippen LogP contribution in [0.5, 0.6) is 0 Å². The second-order valence-electron chi connectivity index (χ2n) is 3.12. The number of aliphatic hydroxyl groups excluding tert-OH is 1. The second kappa shape index (κ2) is 9.94. The Kier molecular flexibility index (Phi) is 8.94. The maximum Gasteiger partial charge on any atom is 0.0971 e. The fourth-order valence-corrected chi connectivity index (χ4v) is 1.06. The molecule has 0 aliphatic rings. The monoisotopic (exact) mass is 216 g/mol. The number of aliphatic hydroxyl groups is 1. The van der Waals surface area contributed by atoms with E-state index >= 15 is 0 Å². The van der Waals surface area contributed by atoms with Crippen LogP contribution < -0.4 is 0 Å². The van der Waals surface area contributed by atoms with Gasteiger partial charge in [-0.05, 0) is 19.4 Å².